The van der Waals surface area contributed by atoms with Gasteiger partial charge in [0, 0.05) is 6.54 Å². The Labute approximate surface area is 125 Å². The Kier molecular flexibility index (Phi) is 4.98. The van der Waals surface area contributed by atoms with Gasteiger partial charge in [0.2, 0.25) is 5.75 Å². The lowest BCUT2D eigenvalue weighted by Gasteiger charge is -2.18. The molecule has 5 heteroatoms. The van der Waals surface area contributed by atoms with Crippen molar-refractivity contribution in [2.24, 2.45) is 0 Å². The van der Waals surface area contributed by atoms with Crippen LogP contribution in [0.5, 0.6) is 5.75 Å². The van der Waals surface area contributed by atoms with Gasteiger partial charge in [-0.2, -0.15) is 0 Å². The van der Waals surface area contributed by atoms with Crippen LogP contribution in [0.15, 0.2) is 30.6 Å². The number of rotatable bonds is 6. The molecule has 1 aromatic heterocycles. The molecule has 2 rings (SSSR count). The van der Waals surface area contributed by atoms with Crippen molar-refractivity contribution < 1.29 is 4.74 Å². The summed E-state index contributed by atoms with van der Waals surface area (Å²) in [6, 6.07) is 8.57. The summed E-state index contributed by atoms with van der Waals surface area (Å²) in [4.78, 5) is 8.49. The molecular weight excluding hydrogens is 264 g/mol. The smallest absolute Gasteiger partial charge is 0.204 e. The lowest BCUT2D eigenvalue weighted by atomic mass is 10.1. The summed E-state index contributed by atoms with van der Waals surface area (Å²) in [5.41, 5.74) is 2.45. The van der Waals surface area contributed by atoms with Gasteiger partial charge in [-0.25, -0.2) is 9.97 Å². The summed E-state index contributed by atoms with van der Waals surface area (Å²) < 4.78 is 5.43. The van der Waals surface area contributed by atoms with Crippen LogP contribution in [0, 0.1) is 6.92 Å². The van der Waals surface area contributed by atoms with Gasteiger partial charge in [-0.1, -0.05) is 29.8 Å². The molecule has 0 bridgehead atoms. The largest absolute Gasteiger partial charge is 0.490 e. The normalized spacial score (nSPS) is 11.8. The van der Waals surface area contributed by atoms with Crippen LogP contribution in [-0.2, 0) is 0 Å². The fourth-order valence-corrected chi connectivity index (χ4v) is 2.11. The summed E-state index contributed by atoms with van der Waals surface area (Å²) >= 11 is 0. The maximum Gasteiger partial charge on any atom is 0.204 e. The summed E-state index contributed by atoms with van der Waals surface area (Å²) in [7, 11) is 1.63. The van der Waals surface area contributed by atoms with Gasteiger partial charge >= 0.3 is 0 Å². The van der Waals surface area contributed by atoms with Gasteiger partial charge in [-0.05, 0) is 26.3 Å². The van der Waals surface area contributed by atoms with Crippen LogP contribution in [0.25, 0.3) is 0 Å². The Morgan fingerprint density at radius 1 is 1.14 bits per heavy atom. The molecular formula is C16H22N4O. The highest BCUT2D eigenvalue weighted by atomic mass is 16.5. The second-order valence-corrected chi connectivity index (χ2v) is 4.91. The predicted molar refractivity (Wildman–Crippen MR) is 86.0 cm³/mol. The average molecular weight is 286 g/mol. The van der Waals surface area contributed by atoms with Gasteiger partial charge in [0.05, 0.1) is 13.2 Å². The minimum atomic E-state index is 0.129. The van der Waals surface area contributed by atoms with Crippen molar-refractivity contribution in [2.75, 3.05) is 24.3 Å². The van der Waals surface area contributed by atoms with Crippen molar-refractivity contribution in [2.45, 2.75) is 26.8 Å². The third-order valence-corrected chi connectivity index (χ3v) is 3.28. The van der Waals surface area contributed by atoms with Crippen LogP contribution >= 0.6 is 0 Å². The van der Waals surface area contributed by atoms with E-state index in [2.05, 4.69) is 58.7 Å². The number of hydrogen-bond donors (Lipinski definition) is 2. The standard InChI is InChI=1S/C16H22N4O/c1-5-17-15-14(21-4)16(19-10-18-15)20-12(3)13-8-6-11(2)7-9-13/h6-10,12H,5H2,1-4H3,(H2,17,18,19,20). The number of methoxy groups -OCH3 is 1. The molecule has 0 spiro atoms. The Balaban J connectivity index is 2.22. The van der Waals surface area contributed by atoms with Crippen LogP contribution < -0.4 is 15.4 Å². The van der Waals surface area contributed by atoms with Crippen LogP contribution in [0.4, 0.5) is 11.6 Å². The fourth-order valence-electron chi connectivity index (χ4n) is 2.11. The monoisotopic (exact) mass is 286 g/mol. The van der Waals surface area contributed by atoms with Gasteiger partial charge in [-0.15, -0.1) is 0 Å². The minimum Gasteiger partial charge on any atom is -0.490 e. The second kappa shape index (κ2) is 6.92. The van der Waals surface area contributed by atoms with Crippen molar-refractivity contribution in [1.82, 2.24) is 9.97 Å². The van der Waals surface area contributed by atoms with Crippen LogP contribution in [-0.4, -0.2) is 23.6 Å². The van der Waals surface area contributed by atoms with Gasteiger partial charge in [0.1, 0.15) is 6.33 Å². The van der Waals surface area contributed by atoms with E-state index < -0.39 is 0 Å². The number of aromatic nitrogens is 2. The third kappa shape index (κ3) is 3.62. The molecule has 1 aromatic carbocycles. The minimum absolute atomic E-state index is 0.129. The molecule has 0 radical (unpaired) electrons. The first-order valence-electron chi connectivity index (χ1n) is 7.11. The van der Waals surface area contributed by atoms with Gasteiger partial charge in [0.15, 0.2) is 11.6 Å². The lowest BCUT2D eigenvalue weighted by molar-refractivity contribution is 0.414. The third-order valence-electron chi connectivity index (χ3n) is 3.28. The zero-order valence-corrected chi connectivity index (χ0v) is 13.0. The lowest BCUT2D eigenvalue weighted by Crippen LogP contribution is -2.11. The van der Waals surface area contributed by atoms with Gasteiger partial charge < -0.3 is 15.4 Å². The molecule has 0 saturated carbocycles. The average Bonchev–Trinajstić information content (AvgIpc) is 2.48. The number of aryl methyl sites for hydroxylation is 1. The van der Waals surface area contributed by atoms with Crippen LogP contribution in [0.2, 0.25) is 0 Å². The molecule has 5 nitrogen and oxygen atoms in total. The highest BCUT2D eigenvalue weighted by molar-refractivity contribution is 5.64. The number of nitrogens with zero attached hydrogens (tertiary/aromatic N) is 2. The van der Waals surface area contributed by atoms with Crippen LogP contribution in [0.3, 0.4) is 0 Å². The molecule has 0 aliphatic carbocycles. The fraction of sp³-hybridized carbons (Fsp3) is 0.375. The summed E-state index contributed by atoms with van der Waals surface area (Å²) in [5.74, 6) is 2.03. The highest BCUT2D eigenvalue weighted by Crippen LogP contribution is 2.31. The molecule has 2 N–H and O–H groups in total. The first-order valence-corrected chi connectivity index (χ1v) is 7.11. The van der Waals surface area contributed by atoms with E-state index in [0.29, 0.717) is 17.4 Å². The number of nitrogens with one attached hydrogen (secondary N) is 2. The topological polar surface area (TPSA) is 59.1 Å². The van der Waals surface area contributed by atoms with Crippen molar-refractivity contribution >= 4 is 11.6 Å². The molecule has 0 fully saturated rings. The first-order chi connectivity index (χ1) is 10.2. The molecule has 0 aliphatic heterocycles. The Morgan fingerprint density at radius 3 is 2.43 bits per heavy atom. The Morgan fingerprint density at radius 2 is 1.81 bits per heavy atom. The molecule has 0 amide bonds. The number of ether oxygens (including phenoxy) is 1. The molecule has 1 unspecified atom stereocenters. The maximum absolute atomic E-state index is 5.43. The first kappa shape index (κ1) is 15.1. The van der Waals surface area contributed by atoms with E-state index in [1.54, 1.807) is 7.11 Å². The van der Waals surface area contributed by atoms with E-state index in [4.69, 9.17) is 4.74 Å². The van der Waals surface area contributed by atoms with E-state index in [9.17, 15) is 0 Å². The van der Waals surface area contributed by atoms with Crippen molar-refractivity contribution in [3.05, 3.63) is 41.7 Å². The van der Waals surface area contributed by atoms with E-state index in [1.165, 1.54) is 17.5 Å². The Hall–Kier alpha value is -2.30. The highest BCUT2D eigenvalue weighted by Gasteiger charge is 2.14. The van der Waals surface area contributed by atoms with Gasteiger partial charge in [0.25, 0.3) is 0 Å². The van der Waals surface area contributed by atoms with E-state index in [0.717, 1.165) is 6.54 Å². The van der Waals surface area contributed by atoms with Crippen molar-refractivity contribution in [3.63, 3.8) is 0 Å². The summed E-state index contributed by atoms with van der Waals surface area (Å²) in [6.45, 7) is 6.97. The zero-order chi connectivity index (χ0) is 15.2. The number of hydrogen-bond acceptors (Lipinski definition) is 5. The molecule has 21 heavy (non-hydrogen) atoms. The molecule has 0 saturated heterocycles. The van der Waals surface area contributed by atoms with Crippen molar-refractivity contribution in [3.8, 4) is 5.75 Å². The van der Waals surface area contributed by atoms with E-state index >= 15 is 0 Å². The second-order valence-electron chi connectivity index (χ2n) is 4.91. The van der Waals surface area contributed by atoms with Crippen molar-refractivity contribution in [1.29, 1.82) is 0 Å². The number of benzene rings is 1. The van der Waals surface area contributed by atoms with Crippen LogP contribution in [0.1, 0.15) is 31.0 Å². The molecule has 1 heterocycles. The molecule has 0 aliphatic rings. The van der Waals surface area contributed by atoms with E-state index in [1.807, 2.05) is 6.92 Å². The maximum atomic E-state index is 5.43. The molecule has 112 valence electrons. The van der Waals surface area contributed by atoms with E-state index in [-0.39, 0.29) is 6.04 Å². The zero-order valence-electron chi connectivity index (χ0n) is 13.0. The quantitative estimate of drug-likeness (QED) is 0.852. The predicted octanol–water partition coefficient (Wildman–Crippen LogP) is 3.40. The van der Waals surface area contributed by atoms with Gasteiger partial charge in [-0.3, -0.25) is 0 Å². The Bertz CT molecular complexity index is 583. The molecule has 1 atom stereocenters. The SMILES string of the molecule is CCNc1ncnc(NC(C)c2ccc(C)cc2)c1OC. The summed E-state index contributed by atoms with van der Waals surface area (Å²) in [5, 5.41) is 6.55. The summed E-state index contributed by atoms with van der Waals surface area (Å²) in [6.07, 6.45) is 1.53. The number of anilines is 2. The molecule has 2 aromatic rings.